The average Bonchev–Trinajstić information content (AvgIpc) is 2.66. The minimum atomic E-state index is -4.46. The van der Waals surface area contributed by atoms with Gasteiger partial charge in [0.15, 0.2) is 0 Å². The second-order valence-corrected chi connectivity index (χ2v) is 8.82. The minimum absolute atomic E-state index is 0.324. The molecular weight excluding hydrogens is 357 g/mol. The Morgan fingerprint density at radius 3 is 2.07 bits per heavy atom. The summed E-state index contributed by atoms with van der Waals surface area (Å²) in [7, 11) is -4.46. The number of rotatable bonds is 6. The number of anilines is 2. The fraction of sp³-hybridized carbons (Fsp3) is 0.273. The van der Waals surface area contributed by atoms with Crippen molar-refractivity contribution in [2.24, 2.45) is 0 Å². The summed E-state index contributed by atoms with van der Waals surface area (Å²) in [6.07, 6.45) is 0.649. The molecule has 0 bridgehead atoms. The molecule has 0 atom stereocenters. The number of fused-ring (bicyclic) bond motifs is 1. The molecule has 27 heavy (non-hydrogen) atoms. The summed E-state index contributed by atoms with van der Waals surface area (Å²) in [5.41, 5.74) is 2.69. The van der Waals surface area contributed by atoms with Crippen molar-refractivity contribution in [3.63, 3.8) is 0 Å². The van der Waals surface area contributed by atoms with Gasteiger partial charge in [0.1, 0.15) is 5.28 Å². The van der Waals surface area contributed by atoms with Gasteiger partial charge in [0.25, 0.3) is 0 Å². The Labute approximate surface area is 160 Å². The molecule has 0 saturated carbocycles. The lowest BCUT2D eigenvalue weighted by Gasteiger charge is -2.45. The van der Waals surface area contributed by atoms with Crippen molar-refractivity contribution < 1.29 is 14.4 Å². The van der Waals surface area contributed by atoms with Gasteiger partial charge < -0.3 is 14.7 Å². The molecule has 0 radical (unpaired) electrons. The fourth-order valence-electron chi connectivity index (χ4n) is 3.81. The third kappa shape index (κ3) is 3.41. The van der Waals surface area contributed by atoms with Crippen molar-refractivity contribution >= 4 is 29.7 Å². The monoisotopic (exact) mass is 383 g/mol. The first-order chi connectivity index (χ1) is 12.8. The molecule has 0 heterocycles. The smallest absolute Gasteiger partial charge is 0.323 e. The Morgan fingerprint density at radius 1 is 0.889 bits per heavy atom. The fourth-order valence-corrected chi connectivity index (χ4v) is 5.12. The molecule has 3 aromatic rings. The molecular formula is C22H26NO3P. The lowest BCUT2D eigenvalue weighted by Crippen LogP contribution is -2.45. The van der Waals surface area contributed by atoms with E-state index in [0.29, 0.717) is 12.8 Å². The number of hydrogen-bond donors (Lipinski definition) is 2. The van der Waals surface area contributed by atoms with E-state index in [-0.39, 0.29) is 0 Å². The number of benzene rings is 3. The molecule has 0 saturated heterocycles. The summed E-state index contributed by atoms with van der Waals surface area (Å²) < 4.78 is 12.8. The molecule has 0 fully saturated rings. The number of hydrogen-bond acceptors (Lipinski definition) is 2. The highest BCUT2D eigenvalue weighted by Crippen LogP contribution is 2.60. The van der Waals surface area contributed by atoms with Crippen molar-refractivity contribution in [3.05, 3.63) is 72.3 Å². The average molecular weight is 383 g/mol. The standard InChI is InChI=1S/C22H26NO3P/c1-4-22(5-2,27(24,25)26)23(19-15-13-17(3)14-16-19)21-12-8-10-18-9-6-7-11-20(18)21/h6-16H,4-5H2,1-3H3,(H2,24,25,26). The number of nitrogens with zero attached hydrogens (tertiary/aromatic N) is 1. The normalized spacial score (nSPS) is 12.3. The third-order valence-electron chi connectivity index (χ3n) is 5.39. The van der Waals surface area contributed by atoms with Crippen LogP contribution < -0.4 is 4.90 Å². The van der Waals surface area contributed by atoms with Crippen LogP contribution in [0.3, 0.4) is 0 Å². The van der Waals surface area contributed by atoms with E-state index in [9.17, 15) is 14.4 Å². The van der Waals surface area contributed by atoms with E-state index in [2.05, 4.69) is 0 Å². The van der Waals surface area contributed by atoms with Crippen molar-refractivity contribution in [2.45, 2.75) is 38.9 Å². The van der Waals surface area contributed by atoms with Crippen LogP contribution in [0, 0.1) is 6.92 Å². The summed E-state index contributed by atoms with van der Waals surface area (Å²) >= 11 is 0. The lowest BCUT2D eigenvalue weighted by atomic mass is 10.0. The van der Waals surface area contributed by atoms with Crippen LogP contribution in [0.4, 0.5) is 11.4 Å². The van der Waals surface area contributed by atoms with Crippen molar-refractivity contribution in [1.29, 1.82) is 0 Å². The lowest BCUT2D eigenvalue weighted by molar-refractivity contribution is 0.315. The van der Waals surface area contributed by atoms with Gasteiger partial charge in [0.05, 0.1) is 5.69 Å². The van der Waals surface area contributed by atoms with E-state index in [0.717, 1.165) is 27.7 Å². The Hall–Kier alpha value is -2.13. The predicted molar refractivity (Wildman–Crippen MR) is 113 cm³/mol. The van der Waals surface area contributed by atoms with Crippen LogP contribution in [0.5, 0.6) is 0 Å². The van der Waals surface area contributed by atoms with E-state index in [1.807, 2.05) is 92.4 Å². The van der Waals surface area contributed by atoms with E-state index in [4.69, 9.17) is 0 Å². The summed E-state index contributed by atoms with van der Waals surface area (Å²) in [6, 6.07) is 21.7. The maximum Gasteiger partial charge on any atom is 0.351 e. The largest absolute Gasteiger partial charge is 0.351 e. The Bertz CT molecular complexity index is 969. The second kappa shape index (κ2) is 7.47. The second-order valence-electron chi connectivity index (χ2n) is 6.90. The van der Waals surface area contributed by atoms with Crippen LogP contribution >= 0.6 is 7.60 Å². The molecule has 0 aromatic heterocycles. The highest BCUT2D eigenvalue weighted by atomic mass is 31.2. The molecule has 3 rings (SSSR count). The van der Waals surface area contributed by atoms with E-state index in [1.54, 1.807) is 0 Å². The summed E-state index contributed by atoms with van der Waals surface area (Å²) in [6.45, 7) is 5.69. The first-order valence-corrected chi connectivity index (χ1v) is 10.9. The van der Waals surface area contributed by atoms with Crippen molar-refractivity contribution in [1.82, 2.24) is 0 Å². The Morgan fingerprint density at radius 2 is 1.48 bits per heavy atom. The van der Waals surface area contributed by atoms with Gasteiger partial charge in [-0.25, -0.2) is 0 Å². The van der Waals surface area contributed by atoms with E-state index < -0.39 is 12.9 Å². The molecule has 5 heteroatoms. The molecule has 4 nitrogen and oxygen atoms in total. The topological polar surface area (TPSA) is 60.8 Å². The van der Waals surface area contributed by atoms with Gasteiger partial charge in [0.2, 0.25) is 0 Å². The van der Waals surface area contributed by atoms with Gasteiger partial charge in [-0.3, -0.25) is 4.57 Å². The van der Waals surface area contributed by atoms with Gasteiger partial charge >= 0.3 is 7.60 Å². The molecule has 0 unspecified atom stereocenters. The van der Waals surface area contributed by atoms with Gasteiger partial charge in [-0.2, -0.15) is 0 Å². The van der Waals surface area contributed by atoms with Gasteiger partial charge in [-0.15, -0.1) is 0 Å². The zero-order valence-electron chi connectivity index (χ0n) is 16.0. The van der Waals surface area contributed by atoms with Crippen LogP contribution in [-0.2, 0) is 4.57 Å². The van der Waals surface area contributed by atoms with Crippen LogP contribution in [0.25, 0.3) is 10.8 Å². The van der Waals surface area contributed by atoms with Gasteiger partial charge in [-0.1, -0.05) is 67.9 Å². The van der Waals surface area contributed by atoms with Crippen LogP contribution in [-0.4, -0.2) is 15.1 Å². The molecule has 0 aliphatic heterocycles. The van der Waals surface area contributed by atoms with E-state index in [1.165, 1.54) is 0 Å². The molecule has 2 N–H and O–H groups in total. The molecule has 0 aliphatic rings. The molecule has 0 aliphatic carbocycles. The molecule has 142 valence electrons. The highest BCUT2D eigenvalue weighted by molar-refractivity contribution is 7.53. The maximum absolute atomic E-state index is 12.8. The third-order valence-corrected chi connectivity index (χ3v) is 7.31. The van der Waals surface area contributed by atoms with Crippen LogP contribution in [0.2, 0.25) is 0 Å². The van der Waals surface area contributed by atoms with Crippen LogP contribution in [0.15, 0.2) is 66.7 Å². The number of aryl methyl sites for hydroxylation is 1. The highest BCUT2D eigenvalue weighted by Gasteiger charge is 2.50. The zero-order valence-corrected chi connectivity index (χ0v) is 16.9. The van der Waals surface area contributed by atoms with Gasteiger partial charge in [-0.05, 0) is 43.4 Å². The summed E-state index contributed by atoms with van der Waals surface area (Å²) in [5.74, 6) is 0. The summed E-state index contributed by atoms with van der Waals surface area (Å²) in [4.78, 5) is 22.7. The Balaban J connectivity index is 2.37. The molecule has 0 amide bonds. The quantitative estimate of drug-likeness (QED) is 0.514. The van der Waals surface area contributed by atoms with Gasteiger partial charge in [0, 0.05) is 11.1 Å². The molecule has 3 aromatic carbocycles. The molecule has 0 spiro atoms. The zero-order chi connectivity index (χ0) is 19.7. The van der Waals surface area contributed by atoms with Crippen molar-refractivity contribution in [3.8, 4) is 0 Å². The SMILES string of the molecule is CCC(CC)(N(c1ccc(C)cc1)c1cccc2ccccc12)P(=O)(O)O. The maximum atomic E-state index is 12.8. The predicted octanol–water partition coefficient (Wildman–Crippen LogP) is 5.98. The summed E-state index contributed by atoms with van der Waals surface area (Å²) in [5, 5.41) is 0.700. The van der Waals surface area contributed by atoms with Crippen LogP contribution in [0.1, 0.15) is 32.3 Å². The van der Waals surface area contributed by atoms with Crippen molar-refractivity contribution in [2.75, 3.05) is 4.90 Å². The first kappa shape index (κ1) is 19.6. The minimum Gasteiger partial charge on any atom is -0.323 e. The van der Waals surface area contributed by atoms with E-state index >= 15 is 0 Å². The first-order valence-electron chi connectivity index (χ1n) is 9.24. The Kier molecular flexibility index (Phi) is 5.43.